The molecule has 1 atom stereocenters. The van der Waals surface area contributed by atoms with Gasteiger partial charge in [0.25, 0.3) is 0 Å². The largest absolute Gasteiger partial charge is 0.379 e. The lowest BCUT2D eigenvalue weighted by molar-refractivity contribution is 0.0211. The third-order valence-corrected chi connectivity index (χ3v) is 5.10. The van der Waals surface area contributed by atoms with Crippen LogP contribution in [0.2, 0.25) is 0 Å². The maximum Gasteiger partial charge on any atom is 0.191 e. The molecule has 1 unspecified atom stereocenters. The molecule has 1 aliphatic heterocycles. The molecule has 1 aromatic heterocycles. The zero-order valence-corrected chi connectivity index (χ0v) is 20.2. The summed E-state index contributed by atoms with van der Waals surface area (Å²) in [6.07, 6.45) is 3.42. The number of hydrogen-bond acceptors (Lipinski definition) is 4. The van der Waals surface area contributed by atoms with Gasteiger partial charge in [0.05, 0.1) is 25.4 Å². The summed E-state index contributed by atoms with van der Waals surface area (Å²) in [7, 11) is 0. The van der Waals surface area contributed by atoms with Crippen LogP contribution in [0, 0.1) is 12.7 Å². The van der Waals surface area contributed by atoms with Crippen molar-refractivity contribution in [3.8, 4) is 5.69 Å². The summed E-state index contributed by atoms with van der Waals surface area (Å²) in [5.74, 6) is 1.21. The average Bonchev–Trinajstić information content (AvgIpc) is 3.16. The molecule has 30 heavy (non-hydrogen) atoms. The molecule has 0 saturated carbocycles. The molecule has 9 heteroatoms. The van der Waals surface area contributed by atoms with Crippen molar-refractivity contribution in [1.82, 2.24) is 25.1 Å². The molecule has 1 fully saturated rings. The summed E-state index contributed by atoms with van der Waals surface area (Å²) < 4.78 is 21.7. The van der Waals surface area contributed by atoms with Crippen LogP contribution in [0.5, 0.6) is 0 Å². The minimum atomic E-state index is -0.280. The Kier molecular flexibility index (Phi) is 9.99. The Morgan fingerprint density at radius 2 is 2.07 bits per heavy atom. The highest BCUT2D eigenvalue weighted by molar-refractivity contribution is 14.0. The first-order chi connectivity index (χ1) is 14.1. The fourth-order valence-electron chi connectivity index (χ4n) is 3.38. The molecule has 2 heterocycles. The summed E-state index contributed by atoms with van der Waals surface area (Å²) in [6, 6.07) is 5.60. The number of aryl methyl sites for hydroxylation is 1. The fourth-order valence-corrected chi connectivity index (χ4v) is 3.38. The predicted octanol–water partition coefficient (Wildman–Crippen LogP) is 2.71. The molecule has 7 nitrogen and oxygen atoms in total. The van der Waals surface area contributed by atoms with Crippen molar-refractivity contribution in [3.63, 3.8) is 0 Å². The second kappa shape index (κ2) is 12.2. The molecule has 2 N–H and O–H groups in total. The Morgan fingerprint density at radius 3 is 2.70 bits per heavy atom. The van der Waals surface area contributed by atoms with Gasteiger partial charge in [0.15, 0.2) is 5.96 Å². The van der Waals surface area contributed by atoms with Crippen molar-refractivity contribution < 1.29 is 9.13 Å². The lowest BCUT2D eigenvalue weighted by atomic mass is 10.2. The van der Waals surface area contributed by atoms with E-state index in [1.807, 2.05) is 19.9 Å². The number of nitrogens with one attached hydrogen (secondary N) is 2. The van der Waals surface area contributed by atoms with Gasteiger partial charge in [-0.1, -0.05) is 6.07 Å². The monoisotopic (exact) mass is 530 g/mol. The van der Waals surface area contributed by atoms with Crippen molar-refractivity contribution >= 4 is 29.9 Å². The molecule has 0 aliphatic carbocycles. The van der Waals surface area contributed by atoms with Crippen LogP contribution >= 0.6 is 24.0 Å². The van der Waals surface area contributed by atoms with Crippen molar-refractivity contribution in [2.75, 3.05) is 39.4 Å². The average molecular weight is 530 g/mol. The predicted molar refractivity (Wildman–Crippen MR) is 128 cm³/mol. The number of nitrogens with zero attached hydrogens (tertiary/aromatic N) is 4. The Labute approximate surface area is 195 Å². The van der Waals surface area contributed by atoms with Gasteiger partial charge in [-0.25, -0.2) is 14.4 Å². The highest BCUT2D eigenvalue weighted by Crippen LogP contribution is 2.17. The number of hydrogen-bond donors (Lipinski definition) is 2. The molecule has 3 rings (SSSR count). The van der Waals surface area contributed by atoms with E-state index >= 15 is 0 Å². The van der Waals surface area contributed by atoms with E-state index in [4.69, 9.17) is 4.74 Å². The Hall–Kier alpha value is -1.72. The number of rotatable bonds is 7. The third-order valence-electron chi connectivity index (χ3n) is 5.10. The first-order valence-corrected chi connectivity index (χ1v) is 10.2. The van der Waals surface area contributed by atoms with Crippen molar-refractivity contribution in [2.45, 2.75) is 33.4 Å². The molecule has 0 bridgehead atoms. The molecule has 0 amide bonds. The highest BCUT2D eigenvalue weighted by Gasteiger charge is 2.17. The summed E-state index contributed by atoms with van der Waals surface area (Å²) in [5.41, 5.74) is 1.32. The maximum atomic E-state index is 14.6. The molecule has 1 aliphatic rings. The number of morpholine rings is 1. The zero-order valence-electron chi connectivity index (χ0n) is 17.9. The van der Waals surface area contributed by atoms with E-state index in [9.17, 15) is 4.39 Å². The summed E-state index contributed by atoms with van der Waals surface area (Å²) in [5, 5.41) is 6.65. The van der Waals surface area contributed by atoms with Crippen molar-refractivity contribution in [2.24, 2.45) is 4.99 Å². The second-order valence-electron chi connectivity index (χ2n) is 7.20. The standard InChI is InChI=1S/C21H31FN6O.HI/c1-4-23-21(25-14-16(2)27-9-11-29-12-10-27)26-15-18-5-6-20(19(22)13-18)28-8-7-24-17(28)3;/h5-8,13,16H,4,9-12,14-15H2,1-3H3,(H2,23,25,26);1H. The van der Waals surface area contributed by atoms with Gasteiger partial charge in [-0.3, -0.25) is 4.90 Å². The Morgan fingerprint density at radius 1 is 1.30 bits per heavy atom. The van der Waals surface area contributed by atoms with Gasteiger partial charge in [-0.05, 0) is 38.5 Å². The van der Waals surface area contributed by atoms with Gasteiger partial charge < -0.3 is 19.9 Å². The quantitative estimate of drug-likeness (QED) is 0.328. The highest BCUT2D eigenvalue weighted by atomic mass is 127. The number of halogens is 2. The minimum Gasteiger partial charge on any atom is -0.379 e. The fraction of sp³-hybridized carbons (Fsp3) is 0.524. The van der Waals surface area contributed by atoms with Crippen LogP contribution in [-0.4, -0.2) is 65.8 Å². The van der Waals surface area contributed by atoms with Gasteiger partial charge in [-0.2, -0.15) is 0 Å². The number of ether oxygens (including phenoxy) is 1. The van der Waals surface area contributed by atoms with Crippen LogP contribution < -0.4 is 10.6 Å². The van der Waals surface area contributed by atoms with E-state index in [1.165, 1.54) is 6.07 Å². The summed E-state index contributed by atoms with van der Waals surface area (Å²) in [4.78, 5) is 11.2. The van der Waals surface area contributed by atoms with Crippen LogP contribution in [0.3, 0.4) is 0 Å². The lowest BCUT2D eigenvalue weighted by Crippen LogP contribution is -2.49. The van der Waals surface area contributed by atoms with Crippen LogP contribution in [0.25, 0.3) is 5.69 Å². The van der Waals surface area contributed by atoms with Crippen LogP contribution in [0.4, 0.5) is 4.39 Å². The van der Waals surface area contributed by atoms with E-state index in [1.54, 1.807) is 23.0 Å². The third kappa shape index (κ3) is 6.64. The van der Waals surface area contributed by atoms with E-state index in [-0.39, 0.29) is 29.8 Å². The second-order valence-corrected chi connectivity index (χ2v) is 7.20. The topological polar surface area (TPSA) is 66.7 Å². The number of aromatic nitrogens is 2. The zero-order chi connectivity index (χ0) is 20.6. The number of aliphatic imine (C=N–C) groups is 1. The Bertz CT molecular complexity index is 822. The maximum absolute atomic E-state index is 14.6. The van der Waals surface area contributed by atoms with Gasteiger partial charge in [0.1, 0.15) is 11.6 Å². The molecular formula is C21H32FIN6O. The molecule has 1 aromatic carbocycles. The first-order valence-electron chi connectivity index (χ1n) is 10.2. The van der Waals surface area contributed by atoms with Gasteiger partial charge in [-0.15, -0.1) is 24.0 Å². The van der Waals surface area contributed by atoms with E-state index in [0.717, 1.165) is 56.7 Å². The number of benzene rings is 1. The van der Waals surface area contributed by atoms with Gasteiger partial charge >= 0.3 is 0 Å². The van der Waals surface area contributed by atoms with E-state index in [2.05, 4.69) is 32.4 Å². The van der Waals surface area contributed by atoms with E-state index in [0.29, 0.717) is 18.3 Å². The number of guanidine groups is 1. The molecule has 166 valence electrons. The summed E-state index contributed by atoms with van der Waals surface area (Å²) >= 11 is 0. The molecule has 0 radical (unpaired) electrons. The van der Waals surface area contributed by atoms with Crippen LogP contribution in [-0.2, 0) is 11.3 Å². The van der Waals surface area contributed by atoms with Crippen LogP contribution in [0.15, 0.2) is 35.6 Å². The van der Waals surface area contributed by atoms with Crippen molar-refractivity contribution in [1.29, 1.82) is 0 Å². The van der Waals surface area contributed by atoms with Gasteiger partial charge in [0.2, 0.25) is 0 Å². The smallest absolute Gasteiger partial charge is 0.191 e. The van der Waals surface area contributed by atoms with Gasteiger partial charge in [0, 0.05) is 44.6 Å². The normalized spacial score (nSPS) is 16.1. The molecule has 0 spiro atoms. The SMILES string of the molecule is CCNC(=NCc1ccc(-n2ccnc2C)c(F)c1)NCC(C)N1CCOCC1.I. The minimum absolute atomic E-state index is 0. The summed E-state index contributed by atoms with van der Waals surface area (Å²) in [6.45, 7) is 11.5. The molecular weight excluding hydrogens is 498 g/mol. The molecule has 1 saturated heterocycles. The first kappa shape index (κ1) is 24.5. The lowest BCUT2D eigenvalue weighted by Gasteiger charge is -2.32. The number of imidazole rings is 1. The van der Waals surface area contributed by atoms with Crippen LogP contribution in [0.1, 0.15) is 25.2 Å². The Balaban J connectivity index is 0.00000320. The van der Waals surface area contributed by atoms with E-state index < -0.39 is 0 Å². The molecule has 2 aromatic rings. The van der Waals surface area contributed by atoms with Crippen molar-refractivity contribution in [3.05, 3.63) is 47.8 Å².